The fraction of sp³-hybridized carbons (Fsp3) is 0.273. The molecule has 0 saturated carbocycles. The Bertz CT molecular complexity index is 1710. The van der Waals surface area contributed by atoms with Gasteiger partial charge in [0.2, 0.25) is 0 Å². The van der Waals surface area contributed by atoms with Crippen molar-refractivity contribution in [2.24, 2.45) is 0 Å². The maximum atomic E-state index is 6.56. The lowest BCUT2D eigenvalue weighted by molar-refractivity contribution is 0.00578. The van der Waals surface area contributed by atoms with E-state index in [0.29, 0.717) is 0 Å². The smallest absolute Gasteiger partial charge is 0.456 e. The standard InChI is InChI=1S/C33H31BO3/c1-31(2)24-16-8-7-12-22(24)28-20(13-9-17-25(28)31)21-14-11-19-27-29(21)23-15-10-18-26(30(23)35-27)34-36-32(3,4)33(5,6)37-34/h7-19H,1-6H3. The number of hydrogen-bond donors (Lipinski definition) is 0. The van der Waals surface area contributed by atoms with Crippen molar-refractivity contribution in [3.8, 4) is 22.3 Å². The summed E-state index contributed by atoms with van der Waals surface area (Å²) >= 11 is 0. The van der Waals surface area contributed by atoms with Crippen molar-refractivity contribution in [3.63, 3.8) is 0 Å². The Morgan fingerprint density at radius 2 is 1.22 bits per heavy atom. The lowest BCUT2D eigenvalue weighted by atomic mass is 9.78. The van der Waals surface area contributed by atoms with E-state index < -0.39 is 18.3 Å². The van der Waals surface area contributed by atoms with Crippen molar-refractivity contribution in [3.05, 3.63) is 90.0 Å². The molecule has 0 unspecified atom stereocenters. The van der Waals surface area contributed by atoms with Crippen molar-refractivity contribution in [2.75, 3.05) is 0 Å². The van der Waals surface area contributed by atoms with Crippen LogP contribution in [0.5, 0.6) is 0 Å². The Morgan fingerprint density at radius 3 is 2.00 bits per heavy atom. The molecule has 1 aromatic heterocycles. The third-order valence-electron chi connectivity index (χ3n) is 8.96. The summed E-state index contributed by atoms with van der Waals surface area (Å²) in [5, 5.41) is 2.22. The molecule has 0 bridgehead atoms. The Morgan fingerprint density at radius 1 is 0.595 bits per heavy atom. The summed E-state index contributed by atoms with van der Waals surface area (Å²) in [7, 11) is -0.480. The van der Waals surface area contributed by atoms with Crippen LogP contribution < -0.4 is 5.46 Å². The summed E-state index contributed by atoms with van der Waals surface area (Å²) in [4.78, 5) is 0. The largest absolute Gasteiger partial charge is 0.498 e. The van der Waals surface area contributed by atoms with Gasteiger partial charge in [0.25, 0.3) is 0 Å². The van der Waals surface area contributed by atoms with Gasteiger partial charge in [0.15, 0.2) is 0 Å². The van der Waals surface area contributed by atoms with Gasteiger partial charge in [0, 0.05) is 21.7 Å². The van der Waals surface area contributed by atoms with Gasteiger partial charge in [0.05, 0.1) is 11.2 Å². The van der Waals surface area contributed by atoms with E-state index in [4.69, 9.17) is 13.7 Å². The molecule has 0 radical (unpaired) electrons. The summed E-state index contributed by atoms with van der Waals surface area (Å²) < 4.78 is 19.4. The fourth-order valence-corrected chi connectivity index (χ4v) is 6.23. The highest BCUT2D eigenvalue weighted by molar-refractivity contribution is 6.65. The highest BCUT2D eigenvalue weighted by Gasteiger charge is 2.52. The molecule has 2 aliphatic rings. The summed E-state index contributed by atoms with van der Waals surface area (Å²) in [5.74, 6) is 0. The zero-order valence-corrected chi connectivity index (χ0v) is 22.3. The first kappa shape index (κ1) is 22.8. The van der Waals surface area contributed by atoms with Crippen molar-refractivity contribution >= 4 is 34.5 Å². The molecule has 1 saturated heterocycles. The second-order valence-corrected chi connectivity index (χ2v) is 12.0. The first-order chi connectivity index (χ1) is 17.6. The van der Waals surface area contributed by atoms with Crippen LogP contribution in [-0.2, 0) is 14.7 Å². The zero-order chi connectivity index (χ0) is 25.7. The van der Waals surface area contributed by atoms with Crippen LogP contribution in [0.2, 0.25) is 0 Å². The summed E-state index contributed by atoms with van der Waals surface area (Å²) in [5.41, 5.74) is 9.59. The van der Waals surface area contributed by atoms with Gasteiger partial charge in [-0.3, -0.25) is 0 Å². The Hall–Kier alpha value is -3.34. The first-order valence-electron chi connectivity index (χ1n) is 13.1. The predicted molar refractivity (Wildman–Crippen MR) is 152 cm³/mol. The van der Waals surface area contributed by atoms with Crippen LogP contribution in [-0.4, -0.2) is 18.3 Å². The lowest BCUT2D eigenvalue weighted by Crippen LogP contribution is -2.41. The molecule has 3 nitrogen and oxygen atoms in total. The van der Waals surface area contributed by atoms with Gasteiger partial charge in [0.1, 0.15) is 11.2 Å². The van der Waals surface area contributed by atoms with Gasteiger partial charge >= 0.3 is 7.12 Å². The minimum absolute atomic E-state index is 0.0434. The minimum atomic E-state index is -0.480. The van der Waals surface area contributed by atoms with Crippen molar-refractivity contribution < 1.29 is 13.7 Å². The average molecular weight is 486 g/mol. The van der Waals surface area contributed by atoms with E-state index in [-0.39, 0.29) is 5.41 Å². The molecule has 7 rings (SSSR count). The molecule has 0 spiro atoms. The van der Waals surface area contributed by atoms with Crippen molar-refractivity contribution in [1.29, 1.82) is 0 Å². The summed E-state index contributed by atoms with van der Waals surface area (Å²) in [6.07, 6.45) is 0. The quantitative estimate of drug-likeness (QED) is 0.238. The minimum Gasteiger partial charge on any atom is -0.456 e. The van der Waals surface area contributed by atoms with Gasteiger partial charge in [-0.15, -0.1) is 0 Å². The highest BCUT2D eigenvalue weighted by atomic mass is 16.7. The van der Waals surface area contributed by atoms with Crippen LogP contribution in [0.25, 0.3) is 44.2 Å². The Labute approximate surface area is 218 Å². The normalized spacial score (nSPS) is 18.9. The number of fused-ring (bicyclic) bond motifs is 6. The van der Waals surface area contributed by atoms with E-state index in [1.807, 2.05) is 0 Å². The van der Waals surface area contributed by atoms with Gasteiger partial charge in [-0.1, -0.05) is 86.6 Å². The molecule has 1 fully saturated rings. The zero-order valence-electron chi connectivity index (χ0n) is 22.3. The van der Waals surface area contributed by atoms with Crippen LogP contribution in [0.1, 0.15) is 52.7 Å². The maximum Gasteiger partial charge on any atom is 0.498 e. The van der Waals surface area contributed by atoms with E-state index >= 15 is 0 Å². The van der Waals surface area contributed by atoms with Gasteiger partial charge < -0.3 is 13.7 Å². The number of furan rings is 1. The molecular weight excluding hydrogens is 455 g/mol. The number of para-hydroxylation sites is 1. The van der Waals surface area contributed by atoms with Crippen LogP contribution in [0.4, 0.5) is 0 Å². The first-order valence-corrected chi connectivity index (χ1v) is 13.1. The predicted octanol–water partition coefficient (Wildman–Crippen LogP) is 7.86. The number of rotatable bonds is 2. The third-order valence-corrected chi connectivity index (χ3v) is 8.96. The van der Waals surface area contributed by atoms with E-state index in [2.05, 4.69) is 120 Å². The van der Waals surface area contributed by atoms with E-state index in [0.717, 1.165) is 27.4 Å². The molecule has 0 amide bonds. The Balaban J connectivity index is 1.48. The third kappa shape index (κ3) is 3.03. The molecule has 184 valence electrons. The van der Waals surface area contributed by atoms with Gasteiger partial charge in [-0.2, -0.15) is 0 Å². The van der Waals surface area contributed by atoms with Crippen LogP contribution in [0.3, 0.4) is 0 Å². The SMILES string of the molecule is CC1(C)c2ccccc2-c2c(-c3cccc4oc5c(B6OC(C)(C)C(C)(C)O6)cccc5c34)cccc21. The number of hydrogen-bond acceptors (Lipinski definition) is 3. The maximum absolute atomic E-state index is 6.56. The highest BCUT2D eigenvalue weighted by Crippen LogP contribution is 2.53. The molecule has 0 N–H and O–H groups in total. The van der Waals surface area contributed by atoms with Gasteiger partial charge in [-0.25, -0.2) is 0 Å². The van der Waals surface area contributed by atoms with Gasteiger partial charge in [-0.05, 0) is 67.1 Å². The van der Waals surface area contributed by atoms with E-state index in [1.165, 1.54) is 33.4 Å². The van der Waals surface area contributed by atoms with Crippen molar-refractivity contribution in [1.82, 2.24) is 0 Å². The molecule has 5 aromatic rings. The van der Waals surface area contributed by atoms with Crippen LogP contribution >= 0.6 is 0 Å². The summed E-state index contributed by atoms with van der Waals surface area (Å²) in [6.45, 7) is 13.0. The molecule has 4 aromatic carbocycles. The molecular formula is C33H31BO3. The molecule has 37 heavy (non-hydrogen) atoms. The van der Waals surface area contributed by atoms with Crippen molar-refractivity contribution in [2.45, 2.75) is 58.2 Å². The molecule has 1 aliphatic carbocycles. The number of benzene rings is 4. The van der Waals surface area contributed by atoms with E-state index in [1.54, 1.807) is 0 Å². The fourth-order valence-electron chi connectivity index (χ4n) is 6.23. The summed E-state index contributed by atoms with van der Waals surface area (Å²) in [6, 6.07) is 28.2. The van der Waals surface area contributed by atoms with E-state index in [9.17, 15) is 0 Å². The molecule has 1 aliphatic heterocycles. The van der Waals surface area contributed by atoms with Crippen LogP contribution in [0, 0.1) is 0 Å². The molecule has 4 heteroatoms. The molecule has 2 heterocycles. The topological polar surface area (TPSA) is 31.6 Å². The lowest BCUT2D eigenvalue weighted by Gasteiger charge is -2.32. The Kier molecular flexibility index (Phi) is 4.55. The molecule has 0 atom stereocenters. The second-order valence-electron chi connectivity index (χ2n) is 12.0. The second kappa shape index (κ2) is 7.37. The monoisotopic (exact) mass is 486 g/mol. The average Bonchev–Trinajstić information content (AvgIpc) is 3.44. The van der Waals surface area contributed by atoms with Crippen LogP contribution in [0.15, 0.2) is 83.3 Å².